The van der Waals surface area contributed by atoms with E-state index in [-0.39, 0.29) is 84.2 Å². The van der Waals surface area contributed by atoms with E-state index in [1.165, 1.54) is 25.7 Å². The number of carbonyl (C=O) groups excluding carboxylic acids is 4. The van der Waals surface area contributed by atoms with E-state index >= 15 is 0 Å². The van der Waals surface area contributed by atoms with Crippen LogP contribution in [0, 0.1) is 47.3 Å². The molecule has 10 heteroatoms. The minimum Gasteiger partial charge on any atom is -0.462 e. The van der Waals surface area contributed by atoms with Gasteiger partial charge in [-0.25, -0.2) is 0 Å². The Hall–Kier alpha value is -2.20. The Morgan fingerprint density at radius 1 is 0.328 bits per heavy atom. The fourth-order valence-electron chi connectivity index (χ4n) is 13.1. The van der Waals surface area contributed by atoms with Crippen LogP contribution in [0.3, 0.4) is 0 Å². The molecular weight excluding hydrogens is 809 g/mol. The fourth-order valence-corrected chi connectivity index (χ4v) is 13.1. The summed E-state index contributed by atoms with van der Waals surface area (Å²) in [5, 5.41) is 0. The Kier molecular flexibility index (Phi) is 20.0. The van der Waals surface area contributed by atoms with E-state index in [4.69, 9.17) is 28.4 Å². The van der Waals surface area contributed by atoms with Crippen molar-refractivity contribution in [2.45, 2.75) is 256 Å². The molecule has 0 aromatic carbocycles. The highest BCUT2D eigenvalue weighted by Crippen LogP contribution is 2.46. The number of hydrogen-bond donors (Lipinski definition) is 0. The third-order valence-electron chi connectivity index (χ3n) is 17.4. The Balaban J connectivity index is 0.720. The maximum absolute atomic E-state index is 13.3. The molecule has 64 heavy (non-hydrogen) atoms. The van der Waals surface area contributed by atoms with Gasteiger partial charge in [0.05, 0.1) is 35.9 Å². The highest BCUT2D eigenvalue weighted by Gasteiger charge is 2.40. The summed E-state index contributed by atoms with van der Waals surface area (Å²) in [6.45, 7) is 5.99. The Labute approximate surface area is 386 Å². The lowest BCUT2D eigenvalue weighted by atomic mass is 9.65. The normalized spacial score (nSPS) is 37.5. The number of hydrogen-bond acceptors (Lipinski definition) is 10. The van der Waals surface area contributed by atoms with Gasteiger partial charge in [0.1, 0.15) is 24.4 Å². The van der Waals surface area contributed by atoms with Gasteiger partial charge in [-0.2, -0.15) is 0 Å². The summed E-state index contributed by atoms with van der Waals surface area (Å²) in [5.41, 5.74) is 0. The summed E-state index contributed by atoms with van der Waals surface area (Å²) in [7, 11) is 0. The SMILES string of the molecule is CCCCOC1CCC(C(=O)OC2CCC(C(=O)OC3CCC(C4CCCC(C5CCC(OC(=O)C6CCC(OC(=O)C7CCC(OCCCC)CC7)CC6)CC5)C4)CC3)CC2)CC1. The van der Waals surface area contributed by atoms with Gasteiger partial charge in [-0.05, 0) is 197 Å². The largest absolute Gasteiger partial charge is 0.462 e. The Morgan fingerprint density at radius 3 is 0.875 bits per heavy atom. The molecule has 2 unspecified atom stereocenters. The van der Waals surface area contributed by atoms with Crippen LogP contribution in [0.5, 0.6) is 0 Å². The molecule has 0 bridgehead atoms. The molecule has 0 heterocycles. The number of unbranched alkanes of at least 4 members (excludes halogenated alkanes) is 2. The number of rotatable bonds is 18. The van der Waals surface area contributed by atoms with Crippen LogP contribution in [0.25, 0.3) is 0 Å². The van der Waals surface area contributed by atoms with Crippen LogP contribution in [-0.2, 0) is 47.6 Å². The summed E-state index contributed by atoms with van der Waals surface area (Å²) in [6, 6.07) is 0. The lowest BCUT2D eigenvalue weighted by molar-refractivity contribution is -0.164. The van der Waals surface area contributed by atoms with E-state index in [1.807, 2.05) is 0 Å². The van der Waals surface area contributed by atoms with Gasteiger partial charge in [-0.1, -0.05) is 46.0 Å². The lowest BCUT2D eigenvalue weighted by Crippen LogP contribution is -2.36. The second kappa shape index (κ2) is 25.8. The maximum Gasteiger partial charge on any atom is 0.309 e. The van der Waals surface area contributed by atoms with Crippen molar-refractivity contribution >= 4 is 23.9 Å². The van der Waals surface area contributed by atoms with E-state index < -0.39 is 0 Å². The molecule has 0 aromatic rings. The third-order valence-corrected chi connectivity index (χ3v) is 17.4. The highest BCUT2D eigenvalue weighted by molar-refractivity contribution is 5.74. The molecular formula is C54H88O10. The van der Waals surface area contributed by atoms with Crippen LogP contribution < -0.4 is 0 Å². The number of carbonyl (C=O) groups is 4. The first-order chi connectivity index (χ1) is 31.2. The van der Waals surface area contributed by atoms with Gasteiger partial charge in [-0.3, -0.25) is 19.2 Å². The third kappa shape index (κ3) is 14.9. The Bertz CT molecular complexity index is 1300. The van der Waals surface area contributed by atoms with Crippen molar-refractivity contribution in [1.82, 2.24) is 0 Å². The summed E-state index contributed by atoms with van der Waals surface area (Å²) in [4.78, 5) is 52.4. The number of esters is 4. The van der Waals surface area contributed by atoms with Gasteiger partial charge in [-0.15, -0.1) is 0 Å². The zero-order valence-corrected chi connectivity index (χ0v) is 40.2. The molecule has 10 nitrogen and oxygen atoms in total. The summed E-state index contributed by atoms with van der Waals surface area (Å²) in [6.07, 6.45) is 32.0. The average Bonchev–Trinajstić information content (AvgIpc) is 3.33. The summed E-state index contributed by atoms with van der Waals surface area (Å²) in [5.74, 6) is 2.69. The van der Waals surface area contributed by atoms with Crippen molar-refractivity contribution in [2.24, 2.45) is 47.3 Å². The van der Waals surface area contributed by atoms with E-state index in [9.17, 15) is 19.2 Å². The summed E-state index contributed by atoms with van der Waals surface area (Å²) >= 11 is 0. The van der Waals surface area contributed by atoms with Gasteiger partial charge in [0, 0.05) is 13.2 Å². The molecule has 7 aliphatic rings. The second-order valence-electron chi connectivity index (χ2n) is 21.9. The van der Waals surface area contributed by atoms with Crippen molar-refractivity contribution in [1.29, 1.82) is 0 Å². The molecule has 7 aliphatic carbocycles. The maximum atomic E-state index is 13.3. The number of ether oxygens (including phenoxy) is 6. The second-order valence-corrected chi connectivity index (χ2v) is 21.9. The zero-order chi connectivity index (χ0) is 44.7. The highest BCUT2D eigenvalue weighted by atomic mass is 16.6. The first-order valence-corrected chi connectivity index (χ1v) is 27.3. The molecule has 0 spiro atoms. The van der Waals surface area contributed by atoms with E-state index in [0.29, 0.717) is 0 Å². The van der Waals surface area contributed by atoms with Crippen molar-refractivity contribution < 1.29 is 47.6 Å². The first-order valence-electron chi connectivity index (χ1n) is 27.3. The smallest absolute Gasteiger partial charge is 0.309 e. The standard InChI is InChI=1S/C54H88O10/c1-3-5-34-59-45-22-14-39(15-23-45)51(55)63-49-30-18-41(19-31-49)53(57)61-47-26-10-37(11-27-47)43-8-7-9-44(36-43)38-12-28-48(29-13-38)62-54(58)42-20-32-50(33-21-42)64-52(56)40-16-24-46(25-17-40)60-35-6-4-2/h37-50H,3-36H2,1-2H3. The van der Waals surface area contributed by atoms with Gasteiger partial charge in [0.2, 0.25) is 0 Å². The quantitative estimate of drug-likeness (QED) is 0.0746. The summed E-state index contributed by atoms with van der Waals surface area (Å²) < 4.78 is 36.2. The monoisotopic (exact) mass is 897 g/mol. The van der Waals surface area contributed by atoms with Crippen LogP contribution in [-0.4, -0.2) is 73.7 Å². The van der Waals surface area contributed by atoms with Crippen LogP contribution in [0.15, 0.2) is 0 Å². The van der Waals surface area contributed by atoms with Gasteiger partial charge < -0.3 is 28.4 Å². The van der Waals surface area contributed by atoms with Crippen molar-refractivity contribution in [3.8, 4) is 0 Å². The molecule has 7 fully saturated rings. The molecule has 0 radical (unpaired) electrons. The van der Waals surface area contributed by atoms with Crippen LogP contribution in [0.4, 0.5) is 0 Å². The minimum absolute atomic E-state index is 0.0117. The van der Waals surface area contributed by atoms with Gasteiger partial charge in [0.15, 0.2) is 0 Å². The molecule has 2 atom stereocenters. The first kappa shape index (κ1) is 49.7. The molecule has 0 N–H and O–H groups in total. The van der Waals surface area contributed by atoms with Crippen molar-refractivity contribution in [3.05, 3.63) is 0 Å². The molecule has 364 valence electrons. The molecule has 0 saturated heterocycles. The Morgan fingerprint density at radius 2 is 0.594 bits per heavy atom. The fraction of sp³-hybridized carbons (Fsp3) is 0.926. The van der Waals surface area contributed by atoms with E-state index in [1.54, 1.807) is 0 Å². The van der Waals surface area contributed by atoms with Crippen molar-refractivity contribution in [2.75, 3.05) is 13.2 Å². The molecule has 0 aromatic heterocycles. The van der Waals surface area contributed by atoms with Crippen molar-refractivity contribution in [3.63, 3.8) is 0 Å². The molecule has 0 amide bonds. The van der Waals surface area contributed by atoms with Crippen LogP contribution in [0.1, 0.15) is 219 Å². The van der Waals surface area contributed by atoms with E-state index in [2.05, 4.69) is 13.8 Å². The molecule has 7 rings (SSSR count). The zero-order valence-electron chi connectivity index (χ0n) is 40.2. The van der Waals surface area contributed by atoms with Crippen LogP contribution in [0.2, 0.25) is 0 Å². The van der Waals surface area contributed by atoms with Gasteiger partial charge in [0.25, 0.3) is 0 Å². The predicted octanol–water partition coefficient (Wildman–Crippen LogP) is 12.0. The lowest BCUT2D eigenvalue weighted by Gasteiger charge is -2.42. The van der Waals surface area contributed by atoms with Crippen LogP contribution >= 0.6 is 0 Å². The minimum atomic E-state index is -0.0737. The topological polar surface area (TPSA) is 124 Å². The average molecular weight is 897 g/mol. The molecule has 7 saturated carbocycles. The molecule has 0 aliphatic heterocycles. The van der Waals surface area contributed by atoms with E-state index in [0.717, 1.165) is 217 Å². The van der Waals surface area contributed by atoms with Gasteiger partial charge >= 0.3 is 23.9 Å². The predicted molar refractivity (Wildman–Crippen MR) is 246 cm³/mol.